The quantitative estimate of drug-likeness (QED) is 0.631. The van der Waals surface area contributed by atoms with E-state index in [1.54, 1.807) is 11.0 Å². The van der Waals surface area contributed by atoms with E-state index in [9.17, 15) is 14.9 Å². The van der Waals surface area contributed by atoms with Crippen LogP contribution in [0.2, 0.25) is 0 Å². The highest BCUT2D eigenvalue weighted by Gasteiger charge is 2.33. The molecule has 2 heterocycles. The Labute approximate surface area is 132 Å². The average molecular weight is 307 g/mol. The van der Waals surface area contributed by atoms with Crippen molar-refractivity contribution in [3.05, 3.63) is 69.3 Å². The van der Waals surface area contributed by atoms with Gasteiger partial charge in [-0.15, -0.1) is 0 Å². The molecule has 0 aromatic heterocycles. The van der Waals surface area contributed by atoms with Crippen LogP contribution in [0.25, 0.3) is 0 Å². The minimum atomic E-state index is -0.394. The van der Waals surface area contributed by atoms with Gasteiger partial charge in [0.1, 0.15) is 6.54 Å². The molecule has 0 saturated carbocycles. The van der Waals surface area contributed by atoms with Gasteiger partial charge in [-0.2, -0.15) is 0 Å². The molecule has 2 aromatic carbocycles. The largest absolute Gasteiger partial charge is 0.310 e. The predicted octanol–water partition coefficient (Wildman–Crippen LogP) is 2.33. The number of amides is 1. The van der Waals surface area contributed by atoms with Gasteiger partial charge >= 0.3 is 0 Å². The van der Waals surface area contributed by atoms with E-state index in [2.05, 4.69) is 4.99 Å². The van der Waals surface area contributed by atoms with Crippen molar-refractivity contribution in [1.82, 2.24) is 0 Å². The fraction of sp³-hybridized carbons (Fsp3) is 0.176. The van der Waals surface area contributed by atoms with Crippen LogP contribution in [0.5, 0.6) is 0 Å². The maximum absolute atomic E-state index is 12.3. The lowest BCUT2D eigenvalue weighted by molar-refractivity contribution is -0.384. The van der Waals surface area contributed by atoms with Gasteiger partial charge in [0.2, 0.25) is 5.91 Å². The molecule has 2 aliphatic rings. The molecule has 0 bridgehead atoms. The third kappa shape index (κ3) is 2.11. The molecule has 1 amide bonds. The highest BCUT2D eigenvalue weighted by molar-refractivity contribution is 6.20. The van der Waals surface area contributed by atoms with Gasteiger partial charge in [-0.05, 0) is 12.0 Å². The number of nitro groups is 1. The average Bonchev–Trinajstić information content (AvgIpc) is 2.93. The Morgan fingerprint density at radius 3 is 2.70 bits per heavy atom. The Bertz CT molecular complexity index is 859. The molecule has 2 aromatic rings. The summed E-state index contributed by atoms with van der Waals surface area (Å²) in [7, 11) is 0. The second kappa shape index (κ2) is 5.01. The molecule has 2 aliphatic heterocycles. The topological polar surface area (TPSA) is 75.8 Å². The summed E-state index contributed by atoms with van der Waals surface area (Å²) in [6, 6.07) is 12.6. The van der Waals surface area contributed by atoms with Crippen LogP contribution in [0.4, 0.5) is 11.4 Å². The number of carbonyl (C=O) groups is 1. The third-order valence-corrected chi connectivity index (χ3v) is 4.23. The van der Waals surface area contributed by atoms with E-state index in [4.69, 9.17) is 0 Å². The molecule has 6 nitrogen and oxygen atoms in total. The fourth-order valence-corrected chi connectivity index (χ4v) is 3.23. The molecule has 114 valence electrons. The number of non-ortho nitro benzene ring substituents is 1. The van der Waals surface area contributed by atoms with Crippen LogP contribution >= 0.6 is 0 Å². The van der Waals surface area contributed by atoms with Gasteiger partial charge in [-0.3, -0.25) is 19.9 Å². The zero-order valence-electron chi connectivity index (χ0n) is 12.2. The Kier molecular flexibility index (Phi) is 2.97. The number of nitro benzene ring substituents is 1. The number of carbonyl (C=O) groups excluding carboxylic acids is 1. The molecular weight excluding hydrogens is 294 g/mol. The molecule has 4 rings (SSSR count). The Morgan fingerprint density at radius 2 is 1.96 bits per heavy atom. The van der Waals surface area contributed by atoms with Crippen molar-refractivity contribution in [1.29, 1.82) is 0 Å². The van der Waals surface area contributed by atoms with E-state index in [1.807, 2.05) is 30.3 Å². The lowest BCUT2D eigenvalue weighted by atomic mass is 9.97. The van der Waals surface area contributed by atoms with E-state index < -0.39 is 4.92 Å². The predicted molar refractivity (Wildman–Crippen MR) is 86.1 cm³/mol. The minimum Gasteiger partial charge on any atom is -0.310 e. The minimum absolute atomic E-state index is 0.0404. The molecule has 6 heteroatoms. The second-order valence-electron chi connectivity index (χ2n) is 5.58. The first-order chi connectivity index (χ1) is 11.1. The van der Waals surface area contributed by atoms with Gasteiger partial charge in [0.05, 0.1) is 16.3 Å². The van der Waals surface area contributed by atoms with Crippen LogP contribution in [0.15, 0.2) is 47.5 Å². The molecule has 0 spiro atoms. The molecule has 0 unspecified atom stereocenters. The number of rotatable bonds is 2. The van der Waals surface area contributed by atoms with Gasteiger partial charge in [0.25, 0.3) is 5.69 Å². The maximum Gasteiger partial charge on any atom is 0.270 e. The molecule has 0 N–H and O–H groups in total. The molecule has 0 fully saturated rings. The van der Waals surface area contributed by atoms with Crippen LogP contribution in [0.3, 0.4) is 0 Å². The number of hydrogen-bond donors (Lipinski definition) is 0. The van der Waals surface area contributed by atoms with Crippen molar-refractivity contribution in [2.24, 2.45) is 4.99 Å². The maximum atomic E-state index is 12.3. The Hall–Kier alpha value is -3.02. The zero-order chi connectivity index (χ0) is 16.0. The summed E-state index contributed by atoms with van der Waals surface area (Å²) >= 11 is 0. The number of anilines is 1. The number of hydrogen-bond acceptors (Lipinski definition) is 4. The van der Waals surface area contributed by atoms with Crippen LogP contribution in [0.1, 0.15) is 16.7 Å². The monoisotopic (exact) mass is 307 g/mol. The molecule has 0 aliphatic carbocycles. The second-order valence-corrected chi connectivity index (χ2v) is 5.58. The SMILES string of the molecule is O=C1CN=C(c2ccccc2)c2cc([N+](=O)[O-])cc3c2N1CC3. The first kappa shape index (κ1) is 13.6. The number of nitrogens with zero attached hydrogens (tertiary/aromatic N) is 3. The lowest BCUT2D eigenvalue weighted by Crippen LogP contribution is -2.30. The van der Waals surface area contributed by atoms with E-state index in [1.165, 1.54) is 6.07 Å². The highest BCUT2D eigenvalue weighted by atomic mass is 16.6. The summed E-state index contributed by atoms with van der Waals surface area (Å²) in [6.45, 7) is 0.617. The summed E-state index contributed by atoms with van der Waals surface area (Å²) in [5.41, 5.74) is 3.83. The van der Waals surface area contributed by atoms with Gasteiger partial charge in [0, 0.05) is 29.8 Å². The highest BCUT2D eigenvalue weighted by Crippen LogP contribution is 2.38. The van der Waals surface area contributed by atoms with Crippen LogP contribution in [-0.4, -0.2) is 29.6 Å². The summed E-state index contributed by atoms with van der Waals surface area (Å²) in [5.74, 6) is -0.0650. The Morgan fingerprint density at radius 1 is 1.17 bits per heavy atom. The fourth-order valence-electron chi connectivity index (χ4n) is 3.23. The standard InChI is InChI=1S/C17H13N3O3/c21-15-10-18-16(11-4-2-1-3-5-11)14-9-13(20(22)23)8-12-6-7-19(15)17(12)14/h1-5,8-9H,6-7,10H2. The van der Waals surface area contributed by atoms with Crippen molar-refractivity contribution in [2.75, 3.05) is 18.0 Å². The van der Waals surface area contributed by atoms with Crippen LogP contribution in [-0.2, 0) is 11.2 Å². The summed E-state index contributed by atoms with van der Waals surface area (Å²) in [6.07, 6.45) is 0.637. The van der Waals surface area contributed by atoms with Crippen LogP contribution < -0.4 is 4.90 Å². The molecule has 23 heavy (non-hydrogen) atoms. The van der Waals surface area contributed by atoms with Gasteiger partial charge in [-0.25, -0.2) is 0 Å². The van der Waals surface area contributed by atoms with Gasteiger partial charge < -0.3 is 4.90 Å². The van der Waals surface area contributed by atoms with E-state index in [0.717, 1.165) is 16.8 Å². The zero-order valence-corrected chi connectivity index (χ0v) is 12.2. The smallest absolute Gasteiger partial charge is 0.270 e. The molecule has 0 saturated heterocycles. The van der Waals surface area contributed by atoms with E-state index in [-0.39, 0.29) is 18.1 Å². The summed E-state index contributed by atoms with van der Waals surface area (Å²) in [5, 5.41) is 11.2. The Balaban J connectivity index is 2.00. The summed E-state index contributed by atoms with van der Waals surface area (Å²) < 4.78 is 0. The van der Waals surface area contributed by atoms with Gasteiger partial charge in [-0.1, -0.05) is 30.3 Å². The first-order valence-corrected chi connectivity index (χ1v) is 7.37. The van der Waals surface area contributed by atoms with Crippen molar-refractivity contribution < 1.29 is 9.72 Å². The lowest BCUT2D eigenvalue weighted by Gasteiger charge is -2.17. The number of benzene rings is 2. The van der Waals surface area contributed by atoms with Gasteiger partial charge in [0.15, 0.2) is 0 Å². The summed E-state index contributed by atoms with van der Waals surface area (Å²) in [4.78, 5) is 29.3. The van der Waals surface area contributed by atoms with Crippen molar-refractivity contribution in [3.8, 4) is 0 Å². The third-order valence-electron chi connectivity index (χ3n) is 4.23. The van der Waals surface area contributed by atoms with Crippen molar-refractivity contribution in [3.63, 3.8) is 0 Å². The molecule has 0 radical (unpaired) electrons. The molecular formula is C17H13N3O3. The van der Waals surface area contributed by atoms with Crippen molar-refractivity contribution in [2.45, 2.75) is 6.42 Å². The normalized spacial score (nSPS) is 15.9. The number of aliphatic imine (C=N–C) groups is 1. The van der Waals surface area contributed by atoms with Crippen molar-refractivity contribution >= 4 is 23.0 Å². The molecule has 0 atom stereocenters. The van der Waals surface area contributed by atoms with Crippen LogP contribution in [0, 0.1) is 10.1 Å². The van der Waals surface area contributed by atoms with E-state index >= 15 is 0 Å². The first-order valence-electron chi connectivity index (χ1n) is 7.37. The van der Waals surface area contributed by atoms with E-state index in [0.29, 0.717) is 24.2 Å².